The van der Waals surface area contributed by atoms with Crippen LogP contribution in [0.5, 0.6) is 5.75 Å². The van der Waals surface area contributed by atoms with Crippen molar-refractivity contribution in [3.8, 4) is 5.75 Å². The third-order valence-electron chi connectivity index (χ3n) is 5.93. The lowest BCUT2D eigenvalue weighted by molar-refractivity contribution is -0.121. The van der Waals surface area contributed by atoms with Crippen LogP contribution in [0.1, 0.15) is 36.5 Å². The summed E-state index contributed by atoms with van der Waals surface area (Å²) in [4.78, 5) is 31.1. The zero-order valence-electron chi connectivity index (χ0n) is 17.9. The Labute approximate surface area is 180 Å². The van der Waals surface area contributed by atoms with Gasteiger partial charge in [0.2, 0.25) is 5.91 Å². The number of phenols is 1. The molecule has 2 aromatic heterocycles. The lowest BCUT2D eigenvalue weighted by Crippen LogP contribution is -2.38. The maximum Gasteiger partial charge on any atom is 0.336 e. The Morgan fingerprint density at radius 1 is 1.23 bits per heavy atom. The van der Waals surface area contributed by atoms with Crippen LogP contribution in [0.4, 0.5) is 5.82 Å². The second-order valence-electron chi connectivity index (χ2n) is 8.18. The minimum Gasteiger partial charge on any atom is -0.508 e. The number of piperidine rings is 1. The summed E-state index contributed by atoms with van der Waals surface area (Å²) in [7, 11) is 0. The summed E-state index contributed by atoms with van der Waals surface area (Å²) in [5.41, 5.74) is 2.73. The number of carbonyl (C=O) groups is 1. The highest BCUT2D eigenvalue weighted by molar-refractivity contribution is 5.91. The Morgan fingerprint density at radius 2 is 2.00 bits per heavy atom. The fourth-order valence-corrected chi connectivity index (χ4v) is 4.09. The molecule has 3 aromatic rings. The van der Waals surface area contributed by atoms with Crippen LogP contribution in [0, 0.1) is 12.8 Å². The minimum absolute atomic E-state index is 0.00451. The largest absolute Gasteiger partial charge is 0.508 e. The normalized spacial score (nSPS) is 15.3. The van der Waals surface area contributed by atoms with Crippen molar-refractivity contribution in [2.45, 2.75) is 39.7 Å². The molecule has 162 valence electrons. The van der Waals surface area contributed by atoms with Gasteiger partial charge in [-0.05, 0) is 68.1 Å². The van der Waals surface area contributed by atoms with Crippen LogP contribution in [0.15, 0.2) is 45.7 Å². The number of aromatic hydroxyl groups is 1. The number of fused-ring (bicyclic) bond motifs is 1. The molecule has 1 fully saturated rings. The van der Waals surface area contributed by atoms with Crippen molar-refractivity contribution >= 4 is 22.7 Å². The first-order valence-electron chi connectivity index (χ1n) is 10.7. The van der Waals surface area contributed by atoms with Crippen LogP contribution in [0.25, 0.3) is 11.0 Å². The highest BCUT2D eigenvalue weighted by atomic mass is 16.4. The van der Waals surface area contributed by atoms with Crippen molar-refractivity contribution in [3.05, 3.63) is 63.6 Å². The number of phenolic OH excluding ortho intramolecular Hbond substituents is 1. The Hall–Kier alpha value is -3.19. The second kappa shape index (κ2) is 8.89. The van der Waals surface area contributed by atoms with Crippen LogP contribution in [-0.4, -0.2) is 34.0 Å². The number of rotatable bonds is 5. The minimum atomic E-state index is -0.425. The molecule has 0 aliphatic carbocycles. The summed E-state index contributed by atoms with van der Waals surface area (Å²) >= 11 is 0. The van der Waals surface area contributed by atoms with Gasteiger partial charge in [0, 0.05) is 36.2 Å². The quantitative estimate of drug-likeness (QED) is 0.611. The average Bonchev–Trinajstić information content (AvgIpc) is 2.75. The number of aryl methyl sites for hydroxylation is 2. The fourth-order valence-electron chi connectivity index (χ4n) is 4.09. The molecule has 0 unspecified atom stereocenters. The molecule has 3 heterocycles. The number of nitrogens with one attached hydrogen (secondary N) is 1. The maximum absolute atomic E-state index is 12.6. The lowest BCUT2D eigenvalue weighted by Gasteiger charge is -2.31. The van der Waals surface area contributed by atoms with Gasteiger partial charge in [-0.1, -0.05) is 13.0 Å². The van der Waals surface area contributed by atoms with Crippen molar-refractivity contribution in [1.82, 2.24) is 9.88 Å². The van der Waals surface area contributed by atoms with Gasteiger partial charge in [0.15, 0.2) is 0 Å². The molecule has 0 atom stereocenters. The first kappa shape index (κ1) is 21.1. The molecule has 1 aliphatic rings. The Bertz CT molecular complexity index is 1150. The van der Waals surface area contributed by atoms with Crippen LogP contribution < -0.4 is 10.9 Å². The number of amides is 1. The molecule has 1 aliphatic heterocycles. The Kier molecular flexibility index (Phi) is 6.04. The van der Waals surface area contributed by atoms with Crippen molar-refractivity contribution in [2.24, 2.45) is 5.92 Å². The molecule has 2 N–H and O–H groups in total. The molecule has 0 saturated carbocycles. The maximum atomic E-state index is 12.6. The van der Waals surface area contributed by atoms with Crippen LogP contribution >= 0.6 is 0 Å². The number of likely N-dealkylation sites (tertiary alicyclic amines) is 1. The molecule has 4 rings (SSSR count). The summed E-state index contributed by atoms with van der Waals surface area (Å²) in [5.74, 6) is 0.672. The van der Waals surface area contributed by atoms with E-state index in [1.165, 1.54) is 12.1 Å². The zero-order chi connectivity index (χ0) is 22.0. The van der Waals surface area contributed by atoms with E-state index in [2.05, 4.69) is 15.2 Å². The van der Waals surface area contributed by atoms with Gasteiger partial charge >= 0.3 is 5.63 Å². The first-order chi connectivity index (χ1) is 14.9. The molecule has 1 aromatic carbocycles. The van der Waals surface area contributed by atoms with Gasteiger partial charge in [-0.3, -0.25) is 9.69 Å². The van der Waals surface area contributed by atoms with Gasteiger partial charge in [-0.15, -0.1) is 0 Å². The van der Waals surface area contributed by atoms with Gasteiger partial charge in [-0.2, -0.15) is 0 Å². The van der Waals surface area contributed by atoms with Gasteiger partial charge < -0.3 is 14.8 Å². The van der Waals surface area contributed by atoms with Crippen LogP contribution in [-0.2, 0) is 17.8 Å². The van der Waals surface area contributed by atoms with E-state index in [1.807, 2.05) is 32.0 Å². The molecule has 0 bridgehead atoms. The highest BCUT2D eigenvalue weighted by Crippen LogP contribution is 2.28. The summed E-state index contributed by atoms with van der Waals surface area (Å²) < 4.78 is 5.29. The standard InChI is InChI=1S/C24H27N3O4/c1-3-16-10-19-18(11-23(29)31-21(19)12-20(16)28)14-27-8-6-17(7-9-27)24(30)26-22-5-4-15(2)13-25-22/h4-5,10-13,17,28H,3,6-9,14H2,1-2H3,(H,25,26,30). The van der Waals surface area contributed by atoms with E-state index in [1.54, 1.807) is 6.20 Å². The summed E-state index contributed by atoms with van der Waals surface area (Å²) in [6.45, 7) is 6.06. The number of anilines is 1. The fraction of sp³-hybridized carbons (Fsp3) is 0.375. The number of nitrogens with zero attached hydrogens (tertiary/aromatic N) is 2. The molecule has 31 heavy (non-hydrogen) atoms. The molecule has 7 nitrogen and oxygen atoms in total. The SMILES string of the molecule is CCc1cc2c(CN3CCC(C(=O)Nc4ccc(C)cn4)CC3)cc(=O)oc2cc1O. The van der Waals surface area contributed by atoms with Gasteiger partial charge in [0.05, 0.1) is 0 Å². The molecule has 1 amide bonds. The van der Waals surface area contributed by atoms with E-state index in [4.69, 9.17) is 4.42 Å². The number of aromatic nitrogens is 1. The van der Waals surface area contributed by atoms with Crippen LogP contribution in [0.3, 0.4) is 0 Å². The van der Waals surface area contributed by atoms with E-state index < -0.39 is 5.63 Å². The smallest absolute Gasteiger partial charge is 0.336 e. The van der Waals surface area contributed by atoms with E-state index in [-0.39, 0.29) is 17.6 Å². The molecule has 1 saturated heterocycles. The average molecular weight is 421 g/mol. The van der Waals surface area contributed by atoms with Crippen molar-refractivity contribution < 1.29 is 14.3 Å². The summed E-state index contributed by atoms with van der Waals surface area (Å²) in [6, 6.07) is 8.69. The molecular weight excluding hydrogens is 394 g/mol. The number of hydrogen-bond acceptors (Lipinski definition) is 6. The third kappa shape index (κ3) is 4.77. The second-order valence-corrected chi connectivity index (χ2v) is 8.18. The Balaban J connectivity index is 1.43. The van der Waals surface area contributed by atoms with E-state index >= 15 is 0 Å². The highest BCUT2D eigenvalue weighted by Gasteiger charge is 2.26. The van der Waals surface area contributed by atoms with E-state index in [0.29, 0.717) is 24.4 Å². The molecule has 0 spiro atoms. The summed E-state index contributed by atoms with van der Waals surface area (Å²) in [5, 5.41) is 13.9. The number of benzene rings is 1. The lowest BCUT2D eigenvalue weighted by atomic mass is 9.95. The first-order valence-corrected chi connectivity index (χ1v) is 10.7. The predicted molar refractivity (Wildman–Crippen MR) is 119 cm³/mol. The van der Waals surface area contributed by atoms with E-state index in [9.17, 15) is 14.7 Å². The summed E-state index contributed by atoms with van der Waals surface area (Å²) in [6.07, 6.45) is 3.93. The molecule has 7 heteroatoms. The number of pyridine rings is 1. The zero-order valence-corrected chi connectivity index (χ0v) is 17.9. The monoisotopic (exact) mass is 421 g/mol. The van der Waals surface area contributed by atoms with Gasteiger partial charge in [0.1, 0.15) is 17.2 Å². The topological polar surface area (TPSA) is 95.7 Å². The third-order valence-corrected chi connectivity index (χ3v) is 5.93. The van der Waals surface area contributed by atoms with E-state index in [0.717, 1.165) is 48.0 Å². The molecular formula is C24H27N3O4. The number of hydrogen-bond donors (Lipinski definition) is 2. The van der Waals surface area contributed by atoms with Gasteiger partial charge in [-0.25, -0.2) is 9.78 Å². The van der Waals surface area contributed by atoms with Gasteiger partial charge in [0.25, 0.3) is 0 Å². The van der Waals surface area contributed by atoms with Crippen molar-refractivity contribution in [2.75, 3.05) is 18.4 Å². The Morgan fingerprint density at radius 3 is 2.68 bits per heavy atom. The van der Waals surface area contributed by atoms with Crippen LogP contribution in [0.2, 0.25) is 0 Å². The predicted octanol–water partition coefficient (Wildman–Crippen LogP) is 3.62. The van der Waals surface area contributed by atoms with Crippen molar-refractivity contribution in [3.63, 3.8) is 0 Å². The van der Waals surface area contributed by atoms with Crippen molar-refractivity contribution in [1.29, 1.82) is 0 Å². The number of carbonyl (C=O) groups excluding carboxylic acids is 1. The molecule has 0 radical (unpaired) electrons.